The largest absolute Gasteiger partial charge is 0.693 e. The van der Waals surface area contributed by atoms with Gasteiger partial charge >= 0.3 is 33.2 Å². The Kier molecular flexibility index (Phi) is 10.5. The summed E-state index contributed by atoms with van der Waals surface area (Å²) in [5.74, 6) is 0. The summed E-state index contributed by atoms with van der Waals surface area (Å²) in [6.45, 7) is 6.81. The fraction of sp³-hybridized carbons (Fsp3) is 0.375. The molecule has 1 rings (SSSR count). The zero-order valence-corrected chi connectivity index (χ0v) is 11.9. The van der Waals surface area contributed by atoms with Gasteiger partial charge < -0.3 is 11.1 Å². The third kappa shape index (κ3) is 7.78. The van der Waals surface area contributed by atoms with Gasteiger partial charge in [-0.15, -0.1) is 0 Å². The number of rotatable bonds is 1. The molecule has 0 amide bonds. The molecule has 0 bridgehead atoms. The van der Waals surface area contributed by atoms with E-state index in [4.69, 9.17) is 20.3 Å². The molecular weight excluding hydrogens is 282 g/mol. The normalized spacial score (nSPS) is 9.79. The molecule has 0 unspecified atom stereocenters. The Labute approximate surface area is 101 Å². The smallest absolute Gasteiger partial charge is 0.693 e. The Morgan fingerprint density at radius 1 is 1.36 bits per heavy atom. The Balaban J connectivity index is 0. The molecule has 1 aromatic heterocycles. The third-order valence-corrected chi connectivity index (χ3v) is 3.01. The monoisotopic (exact) mass is 295 g/mol. The van der Waals surface area contributed by atoms with E-state index in [1.54, 1.807) is 0 Å². The van der Waals surface area contributed by atoms with Crippen LogP contribution in [-0.2, 0) is 12.9 Å². The number of aromatic nitrogens is 1. The first-order valence-electron chi connectivity index (χ1n) is 3.69. The van der Waals surface area contributed by atoms with Crippen LogP contribution in [0, 0.1) is 6.07 Å². The first-order chi connectivity index (χ1) is 6.02. The van der Waals surface area contributed by atoms with Crippen LogP contribution in [0.3, 0.4) is 0 Å². The molecule has 14 heavy (non-hydrogen) atoms. The molecule has 1 aromatic rings. The van der Waals surface area contributed by atoms with Crippen LogP contribution in [0.2, 0.25) is 19.6 Å². The van der Waals surface area contributed by atoms with Gasteiger partial charge in [0.15, 0.2) is 0 Å². The van der Waals surface area contributed by atoms with Gasteiger partial charge in [-0.05, 0) is 0 Å². The minimum absolute atomic E-state index is 0. The topological polar surface area (TPSA) is 46.4 Å². The van der Waals surface area contributed by atoms with Gasteiger partial charge in [-0.1, -0.05) is 31.2 Å². The Morgan fingerprint density at radius 2 is 1.86 bits per heavy atom. The zero-order chi connectivity index (χ0) is 10.3. The van der Waals surface area contributed by atoms with Crippen LogP contribution < -0.4 is 5.32 Å². The third-order valence-electron chi connectivity index (χ3n) is 1.32. The molecule has 2 nitrogen and oxygen atoms in total. The molecule has 0 saturated heterocycles. The molecule has 6 heteroatoms. The molecule has 0 aliphatic carbocycles. The van der Waals surface area contributed by atoms with E-state index in [1.807, 2.05) is 18.3 Å². The van der Waals surface area contributed by atoms with Crippen molar-refractivity contribution in [3.8, 4) is 0 Å². The number of nitrogens with two attached hydrogens (primary N) is 1. The van der Waals surface area contributed by atoms with Crippen molar-refractivity contribution in [2.24, 2.45) is 0 Å². The van der Waals surface area contributed by atoms with Gasteiger partial charge in [0.05, 0.1) is 8.07 Å². The van der Waals surface area contributed by atoms with E-state index < -0.39 is 8.07 Å². The van der Waals surface area contributed by atoms with E-state index in [0.717, 1.165) is 5.32 Å². The summed E-state index contributed by atoms with van der Waals surface area (Å²) in [5, 5.41) is 1.16. The van der Waals surface area contributed by atoms with Crippen molar-refractivity contribution in [2.75, 3.05) is 0 Å². The van der Waals surface area contributed by atoms with Crippen molar-refractivity contribution in [3.05, 3.63) is 30.5 Å². The van der Waals surface area contributed by atoms with Crippen LogP contribution in [-0.4, -0.2) is 13.1 Å². The summed E-state index contributed by atoms with van der Waals surface area (Å²) >= 11 is 0.382. The van der Waals surface area contributed by atoms with Crippen LogP contribution >= 0.6 is 20.3 Å². The molecule has 2 N–H and O–H groups in total. The molecule has 0 saturated carbocycles. The SMILES string of the molecule is C[Si](C)(C)c1[c-]cccn1.[Cl][Co][Cl].[NH2-]. The van der Waals surface area contributed by atoms with Gasteiger partial charge in [-0.25, -0.2) is 12.1 Å². The fourth-order valence-electron chi connectivity index (χ4n) is 0.735. The molecule has 0 fully saturated rings. The van der Waals surface area contributed by atoms with E-state index >= 15 is 0 Å². The molecule has 0 aliphatic heterocycles. The molecule has 0 aromatic carbocycles. The van der Waals surface area contributed by atoms with Crippen LogP contribution in [0.4, 0.5) is 0 Å². The van der Waals surface area contributed by atoms with E-state index in [2.05, 4.69) is 30.7 Å². The van der Waals surface area contributed by atoms with Crippen molar-refractivity contribution >= 4 is 33.7 Å². The maximum absolute atomic E-state index is 4.73. The van der Waals surface area contributed by atoms with E-state index in [9.17, 15) is 0 Å². The predicted octanol–water partition coefficient (Wildman–Crippen LogP) is 3.52. The van der Waals surface area contributed by atoms with Crippen LogP contribution in [0.25, 0.3) is 6.15 Å². The van der Waals surface area contributed by atoms with Gasteiger partial charge in [0.25, 0.3) is 0 Å². The van der Waals surface area contributed by atoms with Gasteiger partial charge in [0, 0.05) is 0 Å². The molecule has 85 valence electrons. The van der Waals surface area contributed by atoms with Crippen molar-refractivity contribution in [2.45, 2.75) is 19.6 Å². The van der Waals surface area contributed by atoms with Crippen LogP contribution in [0.1, 0.15) is 0 Å². The molecule has 1 heterocycles. The first-order valence-corrected chi connectivity index (χ1v) is 10.1. The van der Waals surface area contributed by atoms with Gasteiger partial charge in [-0.3, -0.25) is 0 Å². The van der Waals surface area contributed by atoms with Gasteiger partial charge in [-0.2, -0.15) is 6.07 Å². The van der Waals surface area contributed by atoms with Gasteiger partial charge in [0.2, 0.25) is 0 Å². The van der Waals surface area contributed by atoms with Crippen molar-refractivity contribution in [1.82, 2.24) is 4.98 Å². The summed E-state index contributed by atoms with van der Waals surface area (Å²) in [6.07, 6.45) is 1.84. The Morgan fingerprint density at radius 3 is 2.07 bits per heavy atom. The second-order valence-electron chi connectivity index (χ2n) is 3.43. The minimum Gasteiger partial charge on any atom is -0.693 e. The summed E-state index contributed by atoms with van der Waals surface area (Å²) in [7, 11) is 8.27. The van der Waals surface area contributed by atoms with Crippen molar-refractivity contribution in [3.63, 3.8) is 0 Å². The number of halogens is 2. The maximum atomic E-state index is 4.73. The van der Waals surface area contributed by atoms with E-state index in [-0.39, 0.29) is 6.15 Å². The number of pyridine rings is 1. The second kappa shape index (κ2) is 8.70. The second-order valence-corrected chi connectivity index (χ2v) is 10.1. The van der Waals surface area contributed by atoms with E-state index in [1.165, 1.54) is 0 Å². The van der Waals surface area contributed by atoms with Crippen molar-refractivity contribution in [1.29, 1.82) is 0 Å². The van der Waals surface area contributed by atoms with Crippen molar-refractivity contribution < 1.29 is 12.9 Å². The average Bonchev–Trinajstić information content (AvgIpc) is 2.06. The fourth-order valence-corrected chi connectivity index (χ4v) is 1.71. The zero-order valence-electron chi connectivity index (χ0n) is 8.35. The number of hydrogen-bond acceptors (Lipinski definition) is 1. The van der Waals surface area contributed by atoms with Gasteiger partial charge in [0.1, 0.15) is 0 Å². The summed E-state index contributed by atoms with van der Waals surface area (Å²) in [4.78, 5) is 4.26. The first kappa shape index (κ1) is 16.8. The molecule has 0 spiro atoms. The minimum atomic E-state index is -1.20. The average molecular weight is 296 g/mol. The maximum Gasteiger partial charge on any atom is -0.693 e. The standard InChI is InChI=1S/C8H12NSi.2ClH.Co.H2N/c1-10(2,3)8-6-4-5-7-9-8;;;;/h4-5,7H,1-3H3;2*1H;;1H2/q-1;;;+2;-1/p-2. The summed E-state index contributed by atoms with van der Waals surface area (Å²) in [5.41, 5.74) is 0. The molecule has 0 aliphatic rings. The Hall–Kier alpha value is 0.413. The van der Waals surface area contributed by atoms with E-state index in [0.29, 0.717) is 12.9 Å². The summed E-state index contributed by atoms with van der Waals surface area (Å²) in [6, 6.07) is 7.00. The molecule has 0 atom stereocenters. The summed E-state index contributed by atoms with van der Waals surface area (Å²) < 4.78 is 0. The quantitative estimate of drug-likeness (QED) is 0.577. The Bertz CT molecular complexity index is 229. The molecule has 0 radical (unpaired) electrons. The predicted molar refractivity (Wildman–Crippen MR) is 63.0 cm³/mol. The van der Waals surface area contributed by atoms with Crippen LogP contribution in [0.5, 0.6) is 0 Å². The number of hydrogen-bond donors (Lipinski definition) is 0. The molecular formula is C8H14Cl2CoN2Si-2. The van der Waals surface area contributed by atoms with Crippen LogP contribution in [0.15, 0.2) is 18.3 Å². The number of nitrogens with zero attached hydrogens (tertiary/aromatic N) is 1.